The van der Waals surface area contributed by atoms with Gasteiger partial charge in [0.15, 0.2) is 5.60 Å². The Hall–Kier alpha value is -1.82. The van der Waals surface area contributed by atoms with Gasteiger partial charge in [-0.05, 0) is 26.0 Å². The minimum absolute atomic E-state index is 0.454. The summed E-state index contributed by atoms with van der Waals surface area (Å²) in [4.78, 5) is 11.4. The molecule has 0 radical (unpaired) electrons. The van der Waals surface area contributed by atoms with Crippen molar-refractivity contribution in [3.8, 4) is 6.07 Å². The van der Waals surface area contributed by atoms with Crippen molar-refractivity contribution in [3.05, 3.63) is 35.9 Å². The number of benzene rings is 1. The van der Waals surface area contributed by atoms with Crippen LogP contribution in [-0.4, -0.2) is 11.6 Å². The van der Waals surface area contributed by atoms with Gasteiger partial charge in [0, 0.05) is 0 Å². The van der Waals surface area contributed by atoms with E-state index in [1.54, 1.807) is 38.1 Å². The topological polar surface area (TPSA) is 50.1 Å². The molecule has 0 aliphatic heterocycles. The third kappa shape index (κ3) is 2.60. The van der Waals surface area contributed by atoms with Gasteiger partial charge in [0.05, 0.1) is 5.56 Å². The smallest absolute Gasteiger partial charge is 0.339 e. The van der Waals surface area contributed by atoms with Gasteiger partial charge in [0.2, 0.25) is 0 Å². The predicted molar refractivity (Wildman–Crippen MR) is 51.5 cm³/mol. The van der Waals surface area contributed by atoms with Gasteiger partial charge >= 0.3 is 5.97 Å². The van der Waals surface area contributed by atoms with E-state index in [2.05, 4.69) is 0 Å². The molecule has 1 rings (SSSR count). The van der Waals surface area contributed by atoms with Crippen LogP contribution in [0.5, 0.6) is 0 Å². The van der Waals surface area contributed by atoms with Gasteiger partial charge in [0.25, 0.3) is 0 Å². The average Bonchev–Trinajstić information content (AvgIpc) is 2.19. The Morgan fingerprint density at radius 3 is 2.43 bits per heavy atom. The number of hydrogen-bond acceptors (Lipinski definition) is 3. The van der Waals surface area contributed by atoms with Crippen molar-refractivity contribution < 1.29 is 9.53 Å². The van der Waals surface area contributed by atoms with E-state index in [4.69, 9.17) is 10.00 Å². The van der Waals surface area contributed by atoms with Crippen molar-refractivity contribution in [1.29, 1.82) is 5.26 Å². The highest BCUT2D eigenvalue weighted by molar-refractivity contribution is 5.89. The Kier molecular flexibility index (Phi) is 2.88. The van der Waals surface area contributed by atoms with E-state index in [0.717, 1.165) is 0 Å². The molecule has 3 heteroatoms. The molecule has 1 aromatic rings. The molecule has 3 nitrogen and oxygen atoms in total. The number of rotatable bonds is 2. The Bertz CT molecular complexity index is 363. The largest absolute Gasteiger partial charge is 0.441 e. The van der Waals surface area contributed by atoms with Crippen LogP contribution in [0, 0.1) is 11.3 Å². The minimum atomic E-state index is -1.08. The molecule has 0 aliphatic carbocycles. The van der Waals surface area contributed by atoms with Crippen LogP contribution in [0.3, 0.4) is 0 Å². The highest BCUT2D eigenvalue weighted by Gasteiger charge is 2.22. The molecule has 0 unspecified atom stereocenters. The van der Waals surface area contributed by atoms with E-state index < -0.39 is 11.6 Å². The number of hydrogen-bond donors (Lipinski definition) is 0. The van der Waals surface area contributed by atoms with Crippen molar-refractivity contribution in [2.75, 3.05) is 0 Å². The first-order valence-corrected chi connectivity index (χ1v) is 4.25. The minimum Gasteiger partial charge on any atom is -0.441 e. The van der Waals surface area contributed by atoms with Crippen LogP contribution in [0.2, 0.25) is 0 Å². The molecule has 0 saturated carbocycles. The van der Waals surface area contributed by atoms with Crippen LogP contribution in [0.15, 0.2) is 30.3 Å². The molecule has 0 saturated heterocycles. The van der Waals surface area contributed by atoms with Gasteiger partial charge in [-0.3, -0.25) is 0 Å². The molecule has 0 aromatic heterocycles. The average molecular weight is 189 g/mol. The van der Waals surface area contributed by atoms with Crippen LogP contribution >= 0.6 is 0 Å². The van der Waals surface area contributed by atoms with Crippen LogP contribution in [0.25, 0.3) is 0 Å². The van der Waals surface area contributed by atoms with Crippen molar-refractivity contribution in [2.24, 2.45) is 0 Å². The summed E-state index contributed by atoms with van der Waals surface area (Å²) in [6.45, 7) is 3.10. The van der Waals surface area contributed by atoms with Crippen molar-refractivity contribution in [2.45, 2.75) is 19.4 Å². The summed E-state index contributed by atoms with van der Waals surface area (Å²) in [6.07, 6.45) is 0. The summed E-state index contributed by atoms with van der Waals surface area (Å²) >= 11 is 0. The first-order valence-electron chi connectivity index (χ1n) is 4.25. The molecule has 0 heterocycles. The molecule has 14 heavy (non-hydrogen) atoms. The molecule has 0 atom stereocenters. The molecule has 72 valence electrons. The van der Waals surface area contributed by atoms with Crippen molar-refractivity contribution >= 4 is 5.97 Å². The van der Waals surface area contributed by atoms with Crippen LogP contribution in [0.1, 0.15) is 24.2 Å². The van der Waals surface area contributed by atoms with Crippen molar-refractivity contribution in [3.63, 3.8) is 0 Å². The lowest BCUT2D eigenvalue weighted by atomic mass is 10.1. The van der Waals surface area contributed by atoms with Gasteiger partial charge in [-0.25, -0.2) is 4.79 Å². The Labute approximate surface area is 82.9 Å². The number of nitriles is 1. The van der Waals surface area contributed by atoms with Crippen LogP contribution < -0.4 is 0 Å². The summed E-state index contributed by atoms with van der Waals surface area (Å²) in [5.74, 6) is -0.475. The zero-order chi connectivity index (χ0) is 10.6. The second-order valence-electron chi connectivity index (χ2n) is 3.38. The zero-order valence-corrected chi connectivity index (χ0v) is 8.15. The normalized spacial score (nSPS) is 10.4. The summed E-state index contributed by atoms with van der Waals surface area (Å²) in [5, 5.41) is 8.66. The van der Waals surface area contributed by atoms with Gasteiger partial charge in [-0.15, -0.1) is 0 Å². The van der Waals surface area contributed by atoms with Gasteiger partial charge in [-0.2, -0.15) is 5.26 Å². The molecule has 0 fully saturated rings. The number of esters is 1. The van der Waals surface area contributed by atoms with Crippen LogP contribution in [-0.2, 0) is 4.74 Å². The number of carbonyl (C=O) groups excluding carboxylic acids is 1. The summed E-state index contributed by atoms with van der Waals surface area (Å²) in [7, 11) is 0. The highest BCUT2D eigenvalue weighted by atomic mass is 16.6. The maximum Gasteiger partial charge on any atom is 0.339 e. The predicted octanol–water partition coefficient (Wildman–Crippen LogP) is 2.15. The maximum atomic E-state index is 11.4. The third-order valence-corrected chi connectivity index (χ3v) is 1.63. The second kappa shape index (κ2) is 3.93. The molecule has 0 bridgehead atoms. The van der Waals surface area contributed by atoms with E-state index in [-0.39, 0.29) is 0 Å². The molecule has 0 N–H and O–H groups in total. The lowest BCUT2D eigenvalue weighted by Crippen LogP contribution is -2.25. The SMILES string of the molecule is CC(C)(C#N)OC(=O)c1ccccc1. The summed E-state index contributed by atoms with van der Waals surface area (Å²) in [5.41, 5.74) is -0.622. The van der Waals surface area contributed by atoms with Gasteiger partial charge in [0.1, 0.15) is 6.07 Å². The first kappa shape index (κ1) is 10.3. The monoisotopic (exact) mass is 189 g/mol. The van der Waals surface area contributed by atoms with Gasteiger partial charge < -0.3 is 4.74 Å². The van der Waals surface area contributed by atoms with E-state index in [0.29, 0.717) is 5.56 Å². The molecular formula is C11H11NO2. The Morgan fingerprint density at radius 1 is 1.36 bits per heavy atom. The number of nitrogens with zero attached hydrogens (tertiary/aromatic N) is 1. The fourth-order valence-electron chi connectivity index (χ4n) is 0.888. The van der Waals surface area contributed by atoms with E-state index >= 15 is 0 Å². The van der Waals surface area contributed by atoms with E-state index in [1.807, 2.05) is 12.1 Å². The quantitative estimate of drug-likeness (QED) is 0.670. The Balaban J connectivity index is 2.75. The standard InChI is InChI=1S/C11H11NO2/c1-11(2,8-12)14-10(13)9-6-4-3-5-7-9/h3-7H,1-2H3. The van der Waals surface area contributed by atoms with Crippen LogP contribution in [0.4, 0.5) is 0 Å². The fraction of sp³-hybridized carbons (Fsp3) is 0.273. The number of carbonyl (C=O) groups is 1. The molecular weight excluding hydrogens is 178 g/mol. The summed E-state index contributed by atoms with van der Waals surface area (Å²) in [6, 6.07) is 10.5. The van der Waals surface area contributed by atoms with E-state index in [1.165, 1.54) is 0 Å². The first-order chi connectivity index (χ1) is 6.55. The maximum absolute atomic E-state index is 11.4. The van der Waals surface area contributed by atoms with Crippen molar-refractivity contribution in [1.82, 2.24) is 0 Å². The molecule has 0 aliphatic rings. The Morgan fingerprint density at radius 2 is 1.93 bits per heavy atom. The van der Waals surface area contributed by atoms with Gasteiger partial charge in [-0.1, -0.05) is 18.2 Å². The second-order valence-corrected chi connectivity index (χ2v) is 3.38. The highest BCUT2D eigenvalue weighted by Crippen LogP contribution is 2.11. The molecule has 0 amide bonds. The lowest BCUT2D eigenvalue weighted by Gasteiger charge is -2.16. The fourth-order valence-corrected chi connectivity index (χ4v) is 0.888. The lowest BCUT2D eigenvalue weighted by molar-refractivity contribution is 0.0198. The summed E-state index contributed by atoms with van der Waals surface area (Å²) < 4.78 is 4.97. The zero-order valence-electron chi connectivity index (χ0n) is 8.15. The van der Waals surface area contributed by atoms with E-state index in [9.17, 15) is 4.79 Å². The molecule has 0 spiro atoms. The third-order valence-electron chi connectivity index (χ3n) is 1.63. The molecule has 1 aromatic carbocycles. The number of ether oxygens (including phenoxy) is 1.